The fraction of sp³-hybridized carbons (Fsp3) is 0.111. The van der Waals surface area contributed by atoms with E-state index in [2.05, 4.69) is 10.3 Å². The molecule has 0 aliphatic carbocycles. The van der Waals surface area contributed by atoms with Crippen molar-refractivity contribution >= 4 is 44.9 Å². The van der Waals surface area contributed by atoms with Crippen LogP contribution in [0.15, 0.2) is 46.9 Å². The Morgan fingerprint density at radius 1 is 1.09 bits per heavy atom. The lowest BCUT2D eigenvalue weighted by Crippen LogP contribution is -2.11. The molecule has 0 fully saturated rings. The van der Waals surface area contributed by atoms with Crippen LogP contribution < -0.4 is 5.32 Å². The summed E-state index contributed by atoms with van der Waals surface area (Å²) in [5.74, 6) is -0.125. The molecule has 4 aromatic rings. The second-order valence-electron chi connectivity index (χ2n) is 5.41. The molecule has 114 valence electrons. The van der Waals surface area contributed by atoms with E-state index in [1.165, 1.54) is 11.3 Å². The zero-order valence-corrected chi connectivity index (χ0v) is 13.5. The van der Waals surface area contributed by atoms with Crippen LogP contribution in [-0.4, -0.2) is 10.9 Å². The lowest BCUT2D eigenvalue weighted by atomic mass is 10.1. The zero-order valence-electron chi connectivity index (χ0n) is 12.7. The van der Waals surface area contributed by atoms with E-state index in [0.29, 0.717) is 4.88 Å². The van der Waals surface area contributed by atoms with Gasteiger partial charge >= 0.3 is 0 Å². The van der Waals surface area contributed by atoms with Crippen LogP contribution in [0.1, 0.15) is 20.4 Å². The van der Waals surface area contributed by atoms with Gasteiger partial charge < -0.3 is 9.73 Å². The van der Waals surface area contributed by atoms with Crippen molar-refractivity contribution in [1.29, 1.82) is 0 Å². The highest BCUT2D eigenvalue weighted by Crippen LogP contribution is 2.30. The molecule has 0 saturated heterocycles. The third kappa shape index (κ3) is 2.39. The van der Waals surface area contributed by atoms with E-state index in [0.717, 1.165) is 38.3 Å². The summed E-state index contributed by atoms with van der Waals surface area (Å²) in [6, 6.07) is 13.6. The number of rotatable bonds is 2. The minimum absolute atomic E-state index is 0.125. The standard InChI is InChI=1S/C18H14N2O2S/c1-10-17(23-11(2)19-10)18(21)20-12-7-8-16-14(9-12)13-5-3-4-6-15(13)22-16/h3-9H,1-2H3,(H,20,21). The molecule has 1 N–H and O–H groups in total. The Hall–Kier alpha value is -2.66. The van der Waals surface area contributed by atoms with Gasteiger partial charge in [0.1, 0.15) is 16.0 Å². The average molecular weight is 322 g/mol. The maximum absolute atomic E-state index is 12.4. The van der Waals surface area contributed by atoms with E-state index >= 15 is 0 Å². The molecule has 0 bridgehead atoms. The normalized spacial score (nSPS) is 11.2. The Morgan fingerprint density at radius 2 is 1.87 bits per heavy atom. The first kappa shape index (κ1) is 14.0. The van der Waals surface area contributed by atoms with Crippen molar-refractivity contribution in [3.8, 4) is 0 Å². The number of para-hydroxylation sites is 1. The number of aryl methyl sites for hydroxylation is 2. The van der Waals surface area contributed by atoms with Crippen molar-refractivity contribution in [2.75, 3.05) is 5.32 Å². The summed E-state index contributed by atoms with van der Waals surface area (Å²) in [5.41, 5.74) is 3.17. The van der Waals surface area contributed by atoms with Crippen LogP contribution in [0.4, 0.5) is 5.69 Å². The van der Waals surface area contributed by atoms with Crippen LogP contribution in [0.5, 0.6) is 0 Å². The van der Waals surface area contributed by atoms with E-state index in [1.807, 2.05) is 56.3 Å². The summed E-state index contributed by atoms with van der Waals surface area (Å²) < 4.78 is 5.80. The number of aromatic nitrogens is 1. The highest BCUT2D eigenvalue weighted by atomic mass is 32.1. The molecule has 0 saturated carbocycles. The molecule has 0 aliphatic heterocycles. The number of benzene rings is 2. The molecule has 1 amide bonds. The SMILES string of the molecule is Cc1nc(C)c(C(=O)Nc2ccc3oc4ccccc4c3c2)s1. The van der Waals surface area contributed by atoms with Gasteiger partial charge in [-0.1, -0.05) is 18.2 Å². The minimum atomic E-state index is -0.125. The van der Waals surface area contributed by atoms with Crippen LogP contribution in [0.25, 0.3) is 21.9 Å². The number of hydrogen-bond donors (Lipinski definition) is 1. The Morgan fingerprint density at radius 3 is 2.65 bits per heavy atom. The first-order valence-electron chi connectivity index (χ1n) is 7.28. The van der Waals surface area contributed by atoms with Crippen molar-refractivity contribution in [2.45, 2.75) is 13.8 Å². The first-order valence-corrected chi connectivity index (χ1v) is 8.10. The van der Waals surface area contributed by atoms with Gasteiger partial charge in [0.2, 0.25) is 0 Å². The first-order chi connectivity index (χ1) is 11.1. The second kappa shape index (κ2) is 5.21. The number of carbonyl (C=O) groups is 1. The van der Waals surface area contributed by atoms with Gasteiger partial charge in [-0.05, 0) is 38.1 Å². The molecular weight excluding hydrogens is 308 g/mol. The van der Waals surface area contributed by atoms with Gasteiger partial charge in [0.25, 0.3) is 5.91 Å². The van der Waals surface area contributed by atoms with E-state index in [1.54, 1.807) is 0 Å². The molecule has 0 spiro atoms. The molecule has 2 aromatic heterocycles. The molecule has 2 aromatic carbocycles. The summed E-state index contributed by atoms with van der Waals surface area (Å²) in [6.45, 7) is 3.75. The smallest absolute Gasteiger partial charge is 0.267 e. The highest BCUT2D eigenvalue weighted by molar-refractivity contribution is 7.13. The number of carbonyl (C=O) groups excluding carboxylic acids is 1. The lowest BCUT2D eigenvalue weighted by Gasteiger charge is -2.04. The van der Waals surface area contributed by atoms with Crippen molar-refractivity contribution in [1.82, 2.24) is 4.98 Å². The summed E-state index contributed by atoms with van der Waals surface area (Å²) in [5, 5.41) is 5.88. The third-order valence-corrected chi connectivity index (χ3v) is 4.82. The number of furan rings is 1. The number of nitrogens with zero attached hydrogens (tertiary/aromatic N) is 1. The molecule has 23 heavy (non-hydrogen) atoms. The van der Waals surface area contributed by atoms with Gasteiger partial charge in [-0.2, -0.15) is 0 Å². The second-order valence-corrected chi connectivity index (χ2v) is 6.61. The predicted molar refractivity (Wildman–Crippen MR) is 93.3 cm³/mol. The van der Waals surface area contributed by atoms with E-state index in [-0.39, 0.29) is 5.91 Å². The molecule has 5 heteroatoms. The summed E-state index contributed by atoms with van der Waals surface area (Å²) in [4.78, 5) is 17.4. The fourth-order valence-electron chi connectivity index (χ4n) is 2.73. The average Bonchev–Trinajstić information content (AvgIpc) is 3.06. The Kier molecular flexibility index (Phi) is 3.16. The quantitative estimate of drug-likeness (QED) is 0.570. The van der Waals surface area contributed by atoms with E-state index < -0.39 is 0 Å². The molecular formula is C18H14N2O2S. The topological polar surface area (TPSA) is 55.1 Å². The van der Waals surface area contributed by atoms with Gasteiger partial charge in [-0.25, -0.2) is 4.98 Å². The molecule has 0 unspecified atom stereocenters. The number of amides is 1. The van der Waals surface area contributed by atoms with Gasteiger partial charge in [-0.15, -0.1) is 11.3 Å². The van der Waals surface area contributed by atoms with Crippen LogP contribution in [0.2, 0.25) is 0 Å². The number of nitrogens with one attached hydrogen (secondary N) is 1. The molecule has 2 heterocycles. The maximum atomic E-state index is 12.4. The van der Waals surface area contributed by atoms with Gasteiger partial charge in [0, 0.05) is 16.5 Å². The molecule has 4 nitrogen and oxygen atoms in total. The summed E-state index contributed by atoms with van der Waals surface area (Å²) in [6.07, 6.45) is 0. The summed E-state index contributed by atoms with van der Waals surface area (Å²) in [7, 11) is 0. The number of fused-ring (bicyclic) bond motifs is 3. The van der Waals surface area contributed by atoms with Gasteiger partial charge in [0.05, 0.1) is 10.7 Å². The molecule has 4 rings (SSSR count). The zero-order chi connectivity index (χ0) is 16.0. The highest BCUT2D eigenvalue weighted by Gasteiger charge is 2.15. The summed E-state index contributed by atoms with van der Waals surface area (Å²) >= 11 is 1.41. The molecule has 0 atom stereocenters. The van der Waals surface area contributed by atoms with Gasteiger partial charge in [0.15, 0.2) is 0 Å². The van der Waals surface area contributed by atoms with Crippen LogP contribution in [-0.2, 0) is 0 Å². The lowest BCUT2D eigenvalue weighted by molar-refractivity contribution is 0.103. The van der Waals surface area contributed by atoms with Gasteiger partial charge in [-0.3, -0.25) is 4.79 Å². The predicted octanol–water partition coefficient (Wildman–Crippen LogP) is 4.91. The fourth-order valence-corrected chi connectivity index (χ4v) is 3.55. The Bertz CT molecular complexity index is 1050. The molecule has 0 aliphatic rings. The van der Waals surface area contributed by atoms with Crippen LogP contribution in [0, 0.1) is 13.8 Å². The Labute approximate surface area is 136 Å². The largest absolute Gasteiger partial charge is 0.456 e. The maximum Gasteiger partial charge on any atom is 0.267 e. The van der Waals surface area contributed by atoms with Crippen LogP contribution in [0.3, 0.4) is 0 Å². The number of thiazole rings is 1. The minimum Gasteiger partial charge on any atom is -0.456 e. The van der Waals surface area contributed by atoms with Crippen molar-refractivity contribution in [2.24, 2.45) is 0 Å². The number of hydrogen-bond acceptors (Lipinski definition) is 4. The van der Waals surface area contributed by atoms with E-state index in [4.69, 9.17) is 4.42 Å². The number of anilines is 1. The van der Waals surface area contributed by atoms with E-state index in [9.17, 15) is 4.79 Å². The molecule has 0 radical (unpaired) electrons. The van der Waals surface area contributed by atoms with Crippen LogP contribution >= 0.6 is 11.3 Å². The third-order valence-electron chi connectivity index (χ3n) is 3.74. The van der Waals surface area contributed by atoms with Crippen molar-refractivity contribution in [3.05, 3.63) is 58.0 Å². The van der Waals surface area contributed by atoms with Crippen molar-refractivity contribution in [3.63, 3.8) is 0 Å². The van der Waals surface area contributed by atoms with Crippen molar-refractivity contribution < 1.29 is 9.21 Å². The Balaban J connectivity index is 1.73. The monoisotopic (exact) mass is 322 g/mol.